The number of hydrogen-bond donors (Lipinski definition) is 1. The van der Waals surface area contributed by atoms with Gasteiger partial charge in [0, 0.05) is 5.92 Å². The fraction of sp³-hybridized carbons (Fsp3) is 0.714. The second kappa shape index (κ2) is 4.67. The van der Waals surface area contributed by atoms with Gasteiger partial charge in [0.15, 0.2) is 0 Å². The summed E-state index contributed by atoms with van der Waals surface area (Å²) in [6.07, 6.45) is 1.12. The van der Waals surface area contributed by atoms with Gasteiger partial charge in [-0.3, -0.25) is 0 Å². The first kappa shape index (κ1) is 7.52. The standard InChI is InChI=1S/C7H13N/c1-3-7(2)5-4-6-8/h7H,3,6,8H2,1-2H3. The average Bonchev–Trinajstić information content (AvgIpc) is 1.83. The summed E-state index contributed by atoms with van der Waals surface area (Å²) in [6, 6.07) is 0. The van der Waals surface area contributed by atoms with Gasteiger partial charge in [-0.15, -0.1) is 0 Å². The van der Waals surface area contributed by atoms with Crippen LogP contribution in [0.15, 0.2) is 0 Å². The molecule has 1 unspecified atom stereocenters. The van der Waals surface area contributed by atoms with Gasteiger partial charge in [0.05, 0.1) is 6.54 Å². The lowest BCUT2D eigenvalue weighted by atomic mass is 10.1. The Morgan fingerprint density at radius 2 is 2.25 bits per heavy atom. The molecule has 0 rings (SSSR count). The van der Waals surface area contributed by atoms with E-state index in [9.17, 15) is 0 Å². The summed E-state index contributed by atoms with van der Waals surface area (Å²) in [7, 11) is 0. The maximum absolute atomic E-state index is 5.16. The zero-order chi connectivity index (χ0) is 6.41. The molecule has 0 saturated heterocycles. The largest absolute Gasteiger partial charge is 0.320 e. The van der Waals surface area contributed by atoms with E-state index in [2.05, 4.69) is 25.7 Å². The lowest BCUT2D eigenvalue weighted by Crippen LogP contribution is -1.94. The second-order valence-corrected chi connectivity index (χ2v) is 1.83. The van der Waals surface area contributed by atoms with Crippen LogP contribution in [0.2, 0.25) is 0 Å². The maximum atomic E-state index is 5.16. The van der Waals surface area contributed by atoms with E-state index in [1.165, 1.54) is 0 Å². The summed E-state index contributed by atoms with van der Waals surface area (Å²) in [5.41, 5.74) is 5.16. The van der Waals surface area contributed by atoms with Gasteiger partial charge in [0.2, 0.25) is 0 Å². The molecule has 0 aromatic heterocycles. The zero-order valence-electron chi connectivity index (χ0n) is 5.57. The predicted octanol–water partition coefficient (Wildman–Crippen LogP) is 0.995. The molecule has 0 radical (unpaired) electrons. The normalized spacial score (nSPS) is 11.9. The molecular weight excluding hydrogens is 98.1 g/mol. The lowest BCUT2D eigenvalue weighted by Gasteiger charge is -1.92. The summed E-state index contributed by atoms with van der Waals surface area (Å²) in [5, 5.41) is 0. The van der Waals surface area contributed by atoms with Crippen LogP contribution in [-0.4, -0.2) is 6.54 Å². The number of hydrogen-bond acceptors (Lipinski definition) is 1. The Bertz CT molecular complexity index is 96.7. The molecule has 1 heteroatoms. The molecule has 2 N–H and O–H groups in total. The highest BCUT2D eigenvalue weighted by Gasteiger charge is 1.86. The van der Waals surface area contributed by atoms with Gasteiger partial charge >= 0.3 is 0 Å². The van der Waals surface area contributed by atoms with Gasteiger partial charge in [0.25, 0.3) is 0 Å². The van der Waals surface area contributed by atoms with Crippen LogP contribution in [0.25, 0.3) is 0 Å². The van der Waals surface area contributed by atoms with E-state index < -0.39 is 0 Å². The molecule has 8 heavy (non-hydrogen) atoms. The third-order valence-corrected chi connectivity index (χ3v) is 1.06. The molecule has 0 spiro atoms. The molecule has 1 nitrogen and oxygen atoms in total. The lowest BCUT2D eigenvalue weighted by molar-refractivity contribution is 0.723. The van der Waals surface area contributed by atoms with Gasteiger partial charge in [-0.05, 0) is 6.42 Å². The van der Waals surface area contributed by atoms with Crippen molar-refractivity contribution < 1.29 is 0 Å². The quantitative estimate of drug-likeness (QED) is 0.502. The molecule has 0 aliphatic heterocycles. The molecular formula is C7H13N. The Hall–Kier alpha value is -0.480. The van der Waals surface area contributed by atoms with Gasteiger partial charge in [-0.2, -0.15) is 0 Å². The molecule has 0 fully saturated rings. The van der Waals surface area contributed by atoms with Crippen LogP contribution in [0.5, 0.6) is 0 Å². The van der Waals surface area contributed by atoms with Crippen LogP contribution in [0.1, 0.15) is 20.3 Å². The van der Waals surface area contributed by atoms with Crippen molar-refractivity contribution in [1.82, 2.24) is 0 Å². The van der Waals surface area contributed by atoms with E-state index >= 15 is 0 Å². The Labute approximate surface area is 51.3 Å². The fourth-order valence-electron chi connectivity index (χ4n) is 0.335. The Balaban J connectivity index is 3.35. The van der Waals surface area contributed by atoms with Crippen molar-refractivity contribution >= 4 is 0 Å². The molecule has 0 aromatic rings. The monoisotopic (exact) mass is 111 g/mol. The van der Waals surface area contributed by atoms with Crippen molar-refractivity contribution in [1.29, 1.82) is 0 Å². The summed E-state index contributed by atoms with van der Waals surface area (Å²) in [6.45, 7) is 4.71. The summed E-state index contributed by atoms with van der Waals surface area (Å²) >= 11 is 0. The van der Waals surface area contributed by atoms with Crippen LogP contribution in [0.4, 0.5) is 0 Å². The highest BCUT2D eigenvalue weighted by Crippen LogP contribution is 1.95. The number of nitrogens with two attached hydrogens (primary N) is 1. The van der Waals surface area contributed by atoms with Gasteiger partial charge in [-0.25, -0.2) is 0 Å². The smallest absolute Gasteiger partial charge is 0.0551 e. The van der Waals surface area contributed by atoms with E-state index in [4.69, 9.17) is 5.73 Å². The van der Waals surface area contributed by atoms with Gasteiger partial charge in [0.1, 0.15) is 0 Å². The fourth-order valence-corrected chi connectivity index (χ4v) is 0.335. The van der Waals surface area contributed by atoms with E-state index in [-0.39, 0.29) is 0 Å². The first-order valence-corrected chi connectivity index (χ1v) is 2.99. The third-order valence-electron chi connectivity index (χ3n) is 1.06. The Morgan fingerprint density at radius 3 is 2.62 bits per heavy atom. The highest BCUT2D eigenvalue weighted by molar-refractivity contribution is 5.02. The zero-order valence-corrected chi connectivity index (χ0v) is 5.57. The van der Waals surface area contributed by atoms with E-state index in [1.807, 2.05) is 0 Å². The van der Waals surface area contributed by atoms with Crippen LogP contribution < -0.4 is 5.73 Å². The molecule has 0 heterocycles. The first-order chi connectivity index (χ1) is 3.81. The van der Waals surface area contributed by atoms with E-state index in [0.717, 1.165) is 6.42 Å². The topological polar surface area (TPSA) is 26.0 Å². The minimum absolute atomic E-state index is 0.490. The predicted molar refractivity (Wildman–Crippen MR) is 36.3 cm³/mol. The van der Waals surface area contributed by atoms with Crippen molar-refractivity contribution in [3.8, 4) is 11.8 Å². The molecule has 0 saturated carbocycles. The van der Waals surface area contributed by atoms with Crippen molar-refractivity contribution in [2.24, 2.45) is 11.7 Å². The van der Waals surface area contributed by atoms with Crippen LogP contribution in [0, 0.1) is 17.8 Å². The van der Waals surface area contributed by atoms with Crippen molar-refractivity contribution in [2.75, 3.05) is 6.54 Å². The minimum atomic E-state index is 0.490. The van der Waals surface area contributed by atoms with Gasteiger partial charge in [-0.1, -0.05) is 25.7 Å². The van der Waals surface area contributed by atoms with Crippen molar-refractivity contribution in [3.63, 3.8) is 0 Å². The third kappa shape index (κ3) is 3.70. The van der Waals surface area contributed by atoms with Crippen molar-refractivity contribution in [2.45, 2.75) is 20.3 Å². The van der Waals surface area contributed by atoms with E-state index in [0.29, 0.717) is 12.5 Å². The number of rotatable bonds is 1. The summed E-state index contributed by atoms with van der Waals surface area (Å²) < 4.78 is 0. The van der Waals surface area contributed by atoms with Crippen molar-refractivity contribution in [3.05, 3.63) is 0 Å². The van der Waals surface area contributed by atoms with Gasteiger partial charge < -0.3 is 5.73 Å². The highest BCUT2D eigenvalue weighted by atomic mass is 14.5. The summed E-state index contributed by atoms with van der Waals surface area (Å²) in [5.74, 6) is 6.35. The molecule has 1 atom stereocenters. The Kier molecular flexibility index (Phi) is 4.39. The summed E-state index contributed by atoms with van der Waals surface area (Å²) in [4.78, 5) is 0. The average molecular weight is 111 g/mol. The molecule has 0 amide bonds. The second-order valence-electron chi connectivity index (χ2n) is 1.83. The van der Waals surface area contributed by atoms with E-state index in [1.54, 1.807) is 0 Å². The van der Waals surface area contributed by atoms with Crippen LogP contribution in [0.3, 0.4) is 0 Å². The maximum Gasteiger partial charge on any atom is 0.0551 e. The molecule has 0 aromatic carbocycles. The molecule has 0 aliphatic carbocycles. The molecule has 46 valence electrons. The minimum Gasteiger partial charge on any atom is -0.320 e. The van der Waals surface area contributed by atoms with Crippen LogP contribution >= 0.6 is 0 Å². The molecule has 0 bridgehead atoms. The SMILES string of the molecule is CCC(C)C#CCN. The first-order valence-electron chi connectivity index (χ1n) is 2.99. The Morgan fingerprint density at radius 1 is 1.62 bits per heavy atom. The molecule has 0 aliphatic rings. The van der Waals surface area contributed by atoms with Crippen LogP contribution in [-0.2, 0) is 0 Å².